The Kier molecular flexibility index (Phi) is 3.56. The third kappa shape index (κ3) is 2.20. The van der Waals surface area contributed by atoms with E-state index in [4.69, 9.17) is 9.47 Å². The number of carbonyl (C=O) groups excluding carboxylic acids is 2. The molecule has 1 aromatic rings. The summed E-state index contributed by atoms with van der Waals surface area (Å²) < 4.78 is 10.4. The maximum Gasteiger partial charge on any atom is 0.408 e. The molecule has 1 amide bonds. The van der Waals surface area contributed by atoms with Gasteiger partial charge in [-0.2, -0.15) is 0 Å². The highest BCUT2D eigenvalue weighted by Crippen LogP contribution is 2.31. The SMILES string of the molecule is COC(=O)[C@]1(c2cccc(Br)c2)CCOC(=O)N1. The first-order chi connectivity index (χ1) is 8.58. The van der Waals surface area contributed by atoms with Gasteiger partial charge in [-0.25, -0.2) is 9.59 Å². The summed E-state index contributed by atoms with van der Waals surface area (Å²) in [6, 6.07) is 7.19. The molecule has 1 saturated heterocycles. The van der Waals surface area contributed by atoms with Crippen molar-refractivity contribution in [2.45, 2.75) is 12.0 Å². The van der Waals surface area contributed by atoms with Gasteiger partial charge < -0.3 is 14.8 Å². The summed E-state index contributed by atoms with van der Waals surface area (Å²) in [5, 5.41) is 2.57. The fourth-order valence-corrected chi connectivity index (χ4v) is 2.38. The largest absolute Gasteiger partial charge is 0.467 e. The number of rotatable bonds is 2. The number of hydrogen-bond donors (Lipinski definition) is 1. The number of cyclic esters (lactones) is 1. The highest BCUT2D eigenvalue weighted by molar-refractivity contribution is 9.10. The molecule has 1 heterocycles. The molecule has 1 fully saturated rings. The van der Waals surface area contributed by atoms with Gasteiger partial charge in [0.2, 0.25) is 0 Å². The van der Waals surface area contributed by atoms with E-state index in [0.717, 1.165) is 4.47 Å². The topological polar surface area (TPSA) is 64.6 Å². The van der Waals surface area contributed by atoms with Crippen LogP contribution in [0.25, 0.3) is 0 Å². The van der Waals surface area contributed by atoms with Gasteiger partial charge in [0.25, 0.3) is 0 Å². The molecule has 1 aliphatic heterocycles. The molecule has 2 rings (SSSR count). The summed E-state index contributed by atoms with van der Waals surface area (Å²) in [4.78, 5) is 23.4. The third-order valence-corrected chi connectivity index (χ3v) is 3.37. The van der Waals surface area contributed by atoms with E-state index in [1.54, 1.807) is 18.2 Å². The number of carbonyl (C=O) groups is 2. The van der Waals surface area contributed by atoms with Crippen molar-refractivity contribution in [3.05, 3.63) is 34.3 Å². The number of hydrogen-bond acceptors (Lipinski definition) is 4. The Morgan fingerprint density at radius 2 is 2.33 bits per heavy atom. The maximum atomic E-state index is 12.0. The molecular formula is C12H12BrNO4. The van der Waals surface area contributed by atoms with Gasteiger partial charge in [-0.15, -0.1) is 0 Å². The van der Waals surface area contributed by atoms with Crippen LogP contribution in [0.2, 0.25) is 0 Å². The van der Waals surface area contributed by atoms with Gasteiger partial charge in [0.15, 0.2) is 5.54 Å². The summed E-state index contributed by atoms with van der Waals surface area (Å²) in [5.41, 5.74) is -0.506. The van der Waals surface area contributed by atoms with Crippen LogP contribution in [0, 0.1) is 0 Å². The molecule has 0 saturated carbocycles. The van der Waals surface area contributed by atoms with Gasteiger partial charge >= 0.3 is 12.1 Å². The number of amides is 1. The number of methoxy groups -OCH3 is 1. The lowest BCUT2D eigenvalue weighted by molar-refractivity contribution is -0.151. The molecule has 1 aromatic carbocycles. The van der Waals surface area contributed by atoms with Crippen molar-refractivity contribution in [2.75, 3.05) is 13.7 Å². The molecule has 0 spiro atoms. The summed E-state index contributed by atoms with van der Waals surface area (Å²) in [6.07, 6.45) is -0.284. The molecule has 5 nitrogen and oxygen atoms in total. The van der Waals surface area contributed by atoms with E-state index >= 15 is 0 Å². The van der Waals surface area contributed by atoms with E-state index in [1.807, 2.05) is 6.07 Å². The first-order valence-corrected chi connectivity index (χ1v) is 6.17. The van der Waals surface area contributed by atoms with E-state index < -0.39 is 17.6 Å². The van der Waals surface area contributed by atoms with Crippen molar-refractivity contribution < 1.29 is 19.1 Å². The van der Waals surface area contributed by atoms with Crippen LogP contribution in [0.15, 0.2) is 28.7 Å². The van der Waals surface area contributed by atoms with Crippen LogP contribution < -0.4 is 5.32 Å². The Morgan fingerprint density at radius 3 is 2.94 bits per heavy atom. The average Bonchev–Trinajstić information content (AvgIpc) is 2.37. The van der Waals surface area contributed by atoms with Gasteiger partial charge in [0, 0.05) is 10.9 Å². The monoisotopic (exact) mass is 313 g/mol. The quantitative estimate of drug-likeness (QED) is 0.848. The lowest BCUT2D eigenvalue weighted by atomic mass is 9.86. The minimum Gasteiger partial charge on any atom is -0.467 e. The van der Waals surface area contributed by atoms with Crippen LogP contribution in [0.1, 0.15) is 12.0 Å². The summed E-state index contributed by atoms with van der Waals surface area (Å²) in [6.45, 7) is 0.174. The smallest absolute Gasteiger partial charge is 0.408 e. The fraction of sp³-hybridized carbons (Fsp3) is 0.333. The molecule has 1 atom stereocenters. The second kappa shape index (κ2) is 4.97. The Labute approximate surface area is 113 Å². The van der Waals surface area contributed by atoms with Crippen molar-refractivity contribution >= 4 is 28.0 Å². The number of halogens is 1. The third-order valence-electron chi connectivity index (χ3n) is 2.88. The van der Waals surface area contributed by atoms with Crippen LogP contribution in [-0.2, 0) is 19.8 Å². The summed E-state index contributed by atoms with van der Waals surface area (Å²) in [7, 11) is 1.30. The Morgan fingerprint density at radius 1 is 1.56 bits per heavy atom. The summed E-state index contributed by atoms with van der Waals surface area (Å²) in [5.74, 6) is -0.503. The van der Waals surface area contributed by atoms with E-state index in [0.29, 0.717) is 12.0 Å². The Bertz CT molecular complexity index is 491. The minimum atomic E-state index is -1.17. The predicted molar refractivity (Wildman–Crippen MR) is 66.9 cm³/mol. The van der Waals surface area contributed by atoms with Crippen LogP contribution in [0.3, 0.4) is 0 Å². The highest BCUT2D eigenvalue weighted by Gasteiger charge is 2.46. The lowest BCUT2D eigenvalue weighted by Crippen LogP contribution is -2.56. The fourth-order valence-electron chi connectivity index (χ4n) is 1.99. The van der Waals surface area contributed by atoms with Gasteiger partial charge in [-0.3, -0.25) is 0 Å². The minimum absolute atomic E-state index is 0.174. The van der Waals surface area contributed by atoms with Gasteiger partial charge in [-0.1, -0.05) is 28.1 Å². The van der Waals surface area contributed by atoms with Crippen LogP contribution >= 0.6 is 15.9 Å². The number of esters is 1. The Hall–Kier alpha value is -1.56. The zero-order valence-electron chi connectivity index (χ0n) is 9.73. The molecule has 0 radical (unpaired) electrons. The van der Waals surface area contributed by atoms with E-state index in [2.05, 4.69) is 21.2 Å². The molecule has 0 aliphatic carbocycles. The lowest BCUT2D eigenvalue weighted by Gasteiger charge is -2.35. The van der Waals surface area contributed by atoms with E-state index in [9.17, 15) is 9.59 Å². The van der Waals surface area contributed by atoms with Crippen LogP contribution in [0.5, 0.6) is 0 Å². The number of nitrogens with one attached hydrogen (secondary N) is 1. The molecular weight excluding hydrogens is 302 g/mol. The molecule has 1 aliphatic rings. The Balaban J connectivity index is 2.48. The zero-order chi connectivity index (χ0) is 13.2. The normalized spacial score (nSPS) is 22.9. The first kappa shape index (κ1) is 12.9. The van der Waals surface area contributed by atoms with E-state index in [1.165, 1.54) is 7.11 Å². The maximum absolute atomic E-state index is 12.0. The number of alkyl carbamates (subject to hydrolysis) is 1. The molecule has 6 heteroatoms. The van der Waals surface area contributed by atoms with Gasteiger partial charge in [0.1, 0.15) is 0 Å². The van der Waals surface area contributed by atoms with Crippen LogP contribution in [-0.4, -0.2) is 25.8 Å². The zero-order valence-corrected chi connectivity index (χ0v) is 11.3. The van der Waals surface area contributed by atoms with Gasteiger partial charge in [0.05, 0.1) is 13.7 Å². The van der Waals surface area contributed by atoms with Crippen molar-refractivity contribution in [3.63, 3.8) is 0 Å². The average molecular weight is 314 g/mol. The number of benzene rings is 1. The summed E-state index contributed by atoms with van der Waals surface area (Å²) >= 11 is 3.34. The molecule has 0 aromatic heterocycles. The van der Waals surface area contributed by atoms with Crippen molar-refractivity contribution in [3.8, 4) is 0 Å². The molecule has 1 N–H and O–H groups in total. The second-order valence-electron chi connectivity index (χ2n) is 3.92. The predicted octanol–water partition coefficient (Wildman–Crippen LogP) is 1.95. The molecule has 96 valence electrons. The second-order valence-corrected chi connectivity index (χ2v) is 4.83. The van der Waals surface area contributed by atoms with Crippen LogP contribution in [0.4, 0.5) is 4.79 Å². The standard InChI is InChI=1S/C12H12BrNO4/c1-17-10(15)12(5-6-18-11(16)14-12)8-3-2-4-9(13)7-8/h2-4,7H,5-6H2,1H3,(H,14,16)/t12-/m1/s1. The van der Waals surface area contributed by atoms with Crippen molar-refractivity contribution in [1.29, 1.82) is 0 Å². The highest BCUT2D eigenvalue weighted by atomic mass is 79.9. The van der Waals surface area contributed by atoms with Crippen molar-refractivity contribution in [1.82, 2.24) is 5.32 Å². The number of ether oxygens (including phenoxy) is 2. The first-order valence-electron chi connectivity index (χ1n) is 5.38. The molecule has 18 heavy (non-hydrogen) atoms. The van der Waals surface area contributed by atoms with Gasteiger partial charge in [-0.05, 0) is 17.7 Å². The molecule has 0 unspecified atom stereocenters. The van der Waals surface area contributed by atoms with E-state index in [-0.39, 0.29) is 6.61 Å². The van der Waals surface area contributed by atoms with Crippen molar-refractivity contribution in [2.24, 2.45) is 0 Å². The molecule has 0 bridgehead atoms.